The molecule has 2 fully saturated rings. The lowest BCUT2D eigenvalue weighted by molar-refractivity contribution is 0.0937. The fourth-order valence-electron chi connectivity index (χ4n) is 4.14. The van der Waals surface area contributed by atoms with Crippen LogP contribution in [0.25, 0.3) is 11.0 Å². The van der Waals surface area contributed by atoms with E-state index in [0.29, 0.717) is 11.2 Å². The number of nitrogens with one attached hydrogen (secondary N) is 2. The number of benzene rings is 1. The highest BCUT2D eigenvalue weighted by Crippen LogP contribution is 2.34. The maximum atomic E-state index is 12.8. The van der Waals surface area contributed by atoms with Crippen molar-refractivity contribution in [3.05, 3.63) is 74.6 Å². The summed E-state index contributed by atoms with van der Waals surface area (Å²) in [6.45, 7) is 2.56. The van der Waals surface area contributed by atoms with Gasteiger partial charge in [-0.15, -0.1) is 0 Å². The number of aromatic amines is 1. The Labute approximate surface area is 172 Å². The van der Waals surface area contributed by atoms with E-state index < -0.39 is 11.2 Å². The number of nitrogens with zero attached hydrogens (tertiary/aromatic N) is 3. The molecule has 0 bridgehead atoms. The summed E-state index contributed by atoms with van der Waals surface area (Å²) in [4.78, 5) is 46.1. The van der Waals surface area contributed by atoms with E-state index in [4.69, 9.17) is 0 Å². The molecule has 3 heterocycles. The Morgan fingerprint density at radius 2 is 1.97 bits per heavy atom. The fraction of sp³-hybridized carbons (Fsp3) is 0.364. The molecule has 1 aliphatic carbocycles. The minimum absolute atomic E-state index is 0.0515. The van der Waals surface area contributed by atoms with Crippen LogP contribution in [-0.4, -0.2) is 44.5 Å². The summed E-state index contributed by atoms with van der Waals surface area (Å²) >= 11 is 0. The Balaban J connectivity index is 1.31. The number of pyridine rings is 1. The smallest absolute Gasteiger partial charge is 0.330 e. The van der Waals surface area contributed by atoms with Crippen molar-refractivity contribution in [1.82, 2.24) is 24.8 Å². The molecule has 0 radical (unpaired) electrons. The van der Waals surface area contributed by atoms with E-state index in [0.717, 1.165) is 38.9 Å². The zero-order chi connectivity index (χ0) is 20.7. The van der Waals surface area contributed by atoms with Crippen LogP contribution in [0, 0.1) is 0 Å². The van der Waals surface area contributed by atoms with E-state index in [2.05, 4.69) is 32.3 Å². The maximum Gasteiger partial charge on any atom is 0.330 e. The van der Waals surface area contributed by atoms with E-state index in [9.17, 15) is 14.4 Å². The molecular weight excluding hydrogens is 382 g/mol. The molecule has 1 saturated carbocycles. The Kier molecular flexibility index (Phi) is 4.71. The molecule has 1 aliphatic heterocycles. The summed E-state index contributed by atoms with van der Waals surface area (Å²) in [6, 6.07) is 11.9. The summed E-state index contributed by atoms with van der Waals surface area (Å²) < 4.78 is 1.52. The molecule has 2 aromatic heterocycles. The Morgan fingerprint density at radius 3 is 2.73 bits per heavy atom. The first-order valence-electron chi connectivity index (χ1n) is 10.3. The Hall–Kier alpha value is -3.26. The van der Waals surface area contributed by atoms with E-state index in [-0.39, 0.29) is 23.4 Å². The standard InChI is InChI=1S/C22H23N5O3/c28-20(24-16-8-9-26(13-16)12-14-4-2-1-3-5-14)15-10-18-19(23-11-15)27(17-6-7-17)22(30)25-21(18)29/h1-5,10-11,16-17H,6-9,12-13H2,(H,24,28)(H,25,29,30)/t16-/m0/s1. The number of rotatable bonds is 5. The Bertz CT molecular complexity index is 1210. The van der Waals surface area contributed by atoms with Gasteiger partial charge in [0, 0.05) is 37.9 Å². The molecule has 5 rings (SSSR count). The van der Waals surface area contributed by atoms with Crippen molar-refractivity contribution in [2.45, 2.75) is 37.9 Å². The third-order valence-electron chi connectivity index (χ3n) is 5.81. The number of H-pyrrole nitrogens is 1. The molecule has 30 heavy (non-hydrogen) atoms. The van der Waals surface area contributed by atoms with Crippen LogP contribution in [-0.2, 0) is 6.54 Å². The highest BCUT2D eigenvalue weighted by atomic mass is 16.2. The van der Waals surface area contributed by atoms with Gasteiger partial charge in [-0.05, 0) is 30.9 Å². The lowest BCUT2D eigenvalue weighted by Gasteiger charge is -2.17. The van der Waals surface area contributed by atoms with Gasteiger partial charge in [0.05, 0.1) is 10.9 Å². The SMILES string of the molecule is O=C(N[C@H]1CCN(Cc2ccccc2)C1)c1cnc2c(c1)c(=O)[nH]c(=O)n2C1CC1. The zero-order valence-electron chi connectivity index (χ0n) is 16.5. The lowest BCUT2D eigenvalue weighted by Crippen LogP contribution is -2.37. The van der Waals surface area contributed by atoms with Crippen LogP contribution in [0.5, 0.6) is 0 Å². The van der Waals surface area contributed by atoms with Gasteiger partial charge in [-0.1, -0.05) is 30.3 Å². The molecule has 154 valence electrons. The highest BCUT2D eigenvalue weighted by Gasteiger charge is 2.28. The molecule has 2 N–H and O–H groups in total. The average molecular weight is 405 g/mol. The first-order valence-corrected chi connectivity index (χ1v) is 10.3. The second kappa shape index (κ2) is 7.53. The van der Waals surface area contributed by atoms with Crippen LogP contribution in [0.3, 0.4) is 0 Å². The second-order valence-electron chi connectivity index (χ2n) is 8.14. The van der Waals surface area contributed by atoms with E-state index in [1.807, 2.05) is 18.2 Å². The average Bonchev–Trinajstić information content (AvgIpc) is 3.48. The van der Waals surface area contributed by atoms with Crippen molar-refractivity contribution in [2.75, 3.05) is 13.1 Å². The van der Waals surface area contributed by atoms with Crippen LogP contribution < -0.4 is 16.6 Å². The van der Waals surface area contributed by atoms with Gasteiger partial charge in [-0.2, -0.15) is 0 Å². The van der Waals surface area contributed by atoms with E-state index >= 15 is 0 Å². The summed E-state index contributed by atoms with van der Waals surface area (Å²) in [5, 5.41) is 3.32. The van der Waals surface area contributed by atoms with E-state index in [1.54, 1.807) is 0 Å². The summed E-state index contributed by atoms with van der Waals surface area (Å²) in [5.74, 6) is -0.250. The Morgan fingerprint density at radius 1 is 1.17 bits per heavy atom. The van der Waals surface area contributed by atoms with Crippen molar-refractivity contribution in [3.63, 3.8) is 0 Å². The van der Waals surface area contributed by atoms with Crippen molar-refractivity contribution >= 4 is 16.9 Å². The predicted octanol–water partition coefficient (Wildman–Crippen LogP) is 1.42. The quantitative estimate of drug-likeness (QED) is 0.669. The molecule has 8 nitrogen and oxygen atoms in total. The van der Waals surface area contributed by atoms with Crippen molar-refractivity contribution < 1.29 is 4.79 Å². The van der Waals surface area contributed by atoms with Crippen LogP contribution in [0.2, 0.25) is 0 Å². The van der Waals surface area contributed by atoms with E-state index in [1.165, 1.54) is 22.4 Å². The van der Waals surface area contributed by atoms with Crippen molar-refractivity contribution in [2.24, 2.45) is 0 Å². The van der Waals surface area contributed by atoms with Gasteiger partial charge in [0.25, 0.3) is 11.5 Å². The van der Waals surface area contributed by atoms with Gasteiger partial charge >= 0.3 is 5.69 Å². The van der Waals surface area contributed by atoms with Crippen LogP contribution in [0.4, 0.5) is 0 Å². The molecule has 1 atom stereocenters. The number of aromatic nitrogens is 3. The maximum absolute atomic E-state index is 12.8. The molecular formula is C22H23N5O3. The van der Waals surface area contributed by atoms with Crippen LogP contribution >= 0.6 is 0 Å². The topological polar surface area (TPSA) is 100 Å². The van der Waals surface area contributed by atoms with Crippen LogP contribution in [0.1, 0.15) is 41.2 Å². The minimum atomic E-state index is -0.510. The molecule has 8 heteroatoms. The molecule has 1 amide bonds. The summed E-state index contributed by atoms with van der Waals surface area (Å²) in [5.41, 5.74) is 0.977. The zero-order valence-corrected chi connectivity index (χ0v) is 16.5. The van der Waals surface area contributed by atoms with Gasteiger partial charge in [0.2, 0.25) is 0 Å². The normalized spacial score (nSPS) is 19.3. The number of hydrogen-bond acceptors (Lipinski definition) is 5. The van der Waals surface area contributed by atoms with Crippen LogP contribution in [0.15, 0.2) is 52.2 Å². The third-order valence-corrected chi connectivity index (χ3v) is 5.81. The largest absolute Gasteiger partial charge is 0.348 e. The number of carbonyl (C=O) groups excluding carboxylic acids is 1. The van der Waals surface area contributed by atoms with Gasteiger partial charge < -0.3 is 5.32 Å². The minimum Gasteiger partial charge on any atom is -0.348 e. The van der Waals surface area contributed by atoms with Gasteiger partial charge in [0.1, 0.15) is 5.65 Å². The first-order chi connectivity index (χ1) is 14.6. The molecule has 1 aromatic carbocycles. The predicted molar refractivity (Wildman–Crippen MR) is 112 cm³/mol. The number of fused-ring (bicyclic) bond motifs is 1. The molecule has 3 aromatic rings. The van der Waals surface area contributed by atoms with Crippen molar-refractivity contribution in [3.8, 4) is 0 Å². The van der Waals surface area contributed by atoms with Gasteiger partial charge in [0.15, 0.2) is 0 Å². The number of hydrogen-bond donors (Lipinski definition) is 2. The van der Waals surface area contributed by atoms with Gasteiger partial charge in [-0.3, -0.25) is 24.0 Å². The highest BCUT2D eigenvalue weighted by molar-refractivity contribution is 5.96. The third kappa shape index (κ3) is 3.66. The lowest BCUT2D eigenvalue weighted by atomic mass is 10.2. The number of carbonyl (C=O) groups is 1. The fourth-order valence-corrected chi connectivity index (χ4v) is 4.14. The second-order valence-corrected chi connectivity index (χ2v) is 8.14. The monoisotopic (exact) mass is 405 g/mol. The molecule has 0 spiro atoms. The molecule has 1 saturated heterocycles. The molecule has 2 aliphatic rings. The summed E-state index contributed by atoms with van der Waals surface area (Å²) in [6.07, 6.45) is 4.12. The van der Waals surface area contributed by atoms with Crippen molar-refractivity contribution in [1.29, 1.82) is 0 Å². The van der Waals surface area contributed by atoms with Gasteiger partial charge in [-0.25, -0.2) is 9.78 Å². The summed E-state index contributed by atoms with van der Waals surface area (Å²) in [7, 11) is 0. The molecule has 0 unspecified atom stereocenters. The number of amides is 1. The number of likely N-dealkylation sites (tertiary alicyclic amines) is 1. The first kappa shape index (κ1) is 18.7.